The summed E-state index contributed by atoms with van der Waals surface area (Å²) in [6.07, 6.45) is 9.58. The van der Waals surface area contributed by atoms with Crippen molar-refractivity contribution in [3.8, 4) is 0 Å². The van der Waals surface area contributed by atoms with Gasteiger partial charge >= 0.3 is 0 Å². The fraction of sp³-hybridized carbons (Fsp3) is 0.818. The molecule has 0 aromatic rings. The number of hydrogen-bond acceptors (Lipinski definition) is 2. The molecule has 0 aromatic carbocycles. The maximum absolute atomic E-state index is 11.0. The van der Waals surface area contributed by atoms with Crippen LogP contribution in [0.25, 0.3) is 0 Å². The van der Waals surface area contributed by atoms with Crippen LogP contribution in [-0.4, -0.2) is 18.2 Å². The average molecular weight is 232 g/mol. The van der Waals surface area contributed by atoms with Crippen LogP contribution in [0.15, 0.2) is 12.2 Å². The Morgan fingerprint density at radius 3 is 2.73 bits per heavy atom. The van der Waals surface area contributed by atoms with Crippen LogP contribution in [0.2, 0.25) is 0 Å². The lowest BCUT2D eigenvalue weighted by molar-refractivity contribution is 0.426. The fourth-order valence-electron chi connectivity index (χ4n) is 2.05. The molecule has 4 heteroatoms. The molecule has 0 spiro atoms. The maximum atomic E-state index is 11.0. The van der Waals surface area contributed by atoms with Gasteiger partial charge in [-0.3, -0.25) is 4.55 Å². The summed E-state index contributed by atoms with van der Waals surface area (Å²) in [5.41, 5.74) is 0. The van der Waals surface area contributed by atoms with Crippen LogP contribution < -0.4 is 0 Å². The molecule has 15 heavy (non-hydrogen) atoms. The topological polar surface area (TPSA) is 54.4 Å². The highest BCUT2D eigenvalue weighted by atomic mass is 32.2. The molecule has 0 aliphatic heterocycles. The zero-order valence-corrected chi connectivity index (χ0v) is 10.0. The summed E-state index contributed by atoms with van der Waals surface area (Å²) < 4.78 is 30.9. The van der Waals surface area contributed by atoms with Gasteiger partial charge in [0.2, 0.25) is 0 Å². The standard InChI is InChI=1S/C11H20O3S/c1-2-3-4-6-10-7-5-8-11(9-10)15(12,13)14/h5,7,10-11H,2-4,6,8-9H2,1H3,(H,12,13,14). The first kappa shape index (κ1) is 12.7. The van der Waals surface area contributed by atoms with E-state index in [1.54, 1.807) is 0 Å². The predicted octanol–water partition coefficient (Wildman–Crippen LogP) is 2.79. The number of hydrogen-bond donors (Lipinski definition) is 1. The molecule has 0 heterocycles. The summed E-state index contributed by atoms with van der Waals surface area (Å²) in [4.78, 5) is 0. The van der Waals surface area contributed by atoms with E-state index in [9.17, 15) is 8.42 Å². The molecule has 0 saturated heterocycles. The molecule has 0 bridgehead atoms. The Balaban J connectivity index is 2.43. The van der Waals surface area contributed by atoms with Crippen molar-refractivity contribution in [2.45, 2.75) is 50.7 Å². The zero-order valence-electron chi connectivity index (χ0n) is 9.22. The molecule has 2 atom stereocenters. The SMILES string of the molecule is CCCCCC1C=CCC(S(=O)(=O)O)C1. The van der Waals surface area contributed by atoms with Crippen molar-refractivity contribution in [1.29, 1.82) is 0 Å². The minimum absolute atomic E-state index is 0.331. The van der Waals surface area contributed by atoms with Crippen LogP contribution in [0.5, 0.6) is 0 Å². The van der Waals surface area contributed by atoms with Crippen LogP contribution in [-0.2, 0) is 10.1 Å². The highest BCUT2D eigenvalue weighted by Crippen LogP contribution is 2.26. The molecule has 88 valence electrons. The second kappa shape index (κ2) is 5.66. The summed E-state index contributed by atoms with van der Waals surface area (Å²) in [6.45, 7) is 2.15. The molecule has 0 aromatic heterocycles. The van der Waals surface area contributed by atoms with Crippen molar-refractivity contribution in [2.24, 2.45) is 5.92 Å². The van der Waals surface area contributed by atoms with Crippen molar-refractivity contribution in [3.63, 3.8) is 0 Å². The molecule has 1 aliphatic carbocycles. The van der Waals surface area contributed by atoms with Gasteiger partial charge in [0.05, 0.1) is 5.25 Å². The zero-order chi connectivity index (χ0) is 11.3. The molecular formula is C11H20O3S. The third kappa shape index (κ3) is 4.34. The minimum atomic E-state index is -3.84. The summed E-state index contributed by atoms with van der Waals surface area (Å²) in [5.74, 6) is 0.331. The Kier molecular flexibility index (Phi) is 4.80. The lowest BCUT2D eigenvalue weighted by Gasteiger charge is -2.22. The van der Waals surface area contributed by atoms with E-state index in [-0.39, 0.29) is 0 Å². The van der Waals surface area contributed by atoms with Gasteiger partial charge in [-0.15, -0.1) is 0 Å². The van der Waals surface area contributed by atoms with E-state index in [2.05, 4.69) is 13.0 Å². The Morgan fingerprint density at radius 1 is 1.40 bits per heavy atom. The largest absolute Gasteiger partial charge is 0.285 e. The minimum Gasteiger partial charge on any atom is -0.285 e. The van der Waals surface area contributed by atoms with E-state index in [0.29, 0.717) is 18.8 Å². The first-order chi connectivity index (χ1) is 7.04. The van der Waals surface area contributed by atoms with Crippen molar-refractivity contribution >= 4 is 10.1 Å². The van der Waals surface area contributed by atoms with E-state index in [1.807, 2.05) is 6.08 Å². The molecule has 3 nitrogen and oxygen atoms in total. The van der Waals surface area contributed by atoms with E-state index in [0.717, 1.165) is 12.8 Å². The van der Waals surface area contributed by atoms with Gasteiger partial charge in [-0.05, 0) is 25.2 Å². The summed E-state index contributed by atoms with van der Waals surface area (Å²) in [7, 11) is -3.84. The van der Waals surface area contributed by atoms with Crippen LogP contribution in [0.3, 0.4) is 0 Å². The monoisotopic (exact) mass is 232 g/mol. The Bertz CT molecular complexity index is 306. The van der Waals surface area contributed by atoms with Gasteiger partial charge in [-0.1, -0.05) is 38.3 Å². The highest BCUT2D eigenvalue weighted by Gasteiger charge is 2.27. The molecule has 1 rings (SSSR count). The molecule has 0 radical (unpaired) electrons. The molecule has 1 aliphatic rings. The lowest BCUT2D eigenvalue weighted by Crippen LogP contribution is -2.25. The lowest BCUT2D eigenvalue weighted by atomic mass is 9.91. The molecule has 0 fully saturated rings. The van der Waals surface area contributed by atoms with E-state index in [4.69, 9.17) is 4.55 Å². The van der Waals surface area contributed by atoms with Crippen LogP contribution >= 0.6 is 0 Å². The Labute approximate surface area is 92.3 Å². The first-order valence-electron chi connectivity index (χ1n) is 5.67. The van der Waals surface area contributed by atoms with Crippen molar-refractivity contribution in [1.82, 2.24) is 0 Å². The van der Waals surface area contributed by atoms with Gasteiger partial charge in [0.15, 0.2) is 0 Å². The molecule has 2 unspecified atom stereocenters. The first-order valence-corrected chi connectivity index (χ1v) is 7.17. The van der Waals surface area contributed by atoms with Crippen molar-refractivity contribution < 1.29 is 13.0 Å². The molecule has 0 saturated carbocycles. The average Bonchev–Trinajstić information content (AvgIpc) is 2.17. The number of rotatable bonds is 5. The van der Waals surface area contributed by atoms with Crippen LogP contribution in [0.1, 0.15) is 45.4 Å². The molecule has 1 N–H and O–H groups in total. The molecule has 0 amide bonds. The second-order valence-electron chi connectivity index (χ2n) is 4.29. The van der Waals surface area contributed by atoms with Crippen LogP contribution in [0.4, 0.5) is 0 Å². The smallest absolute Gasteiger partial charge is 0.268 e. The Morgan fingerprint density at radius 2 is 2.13 bits per heavy atom. The fourth-order valence-corrected chi connectivity index (χ4v) is 2.89. The Hall–Kier alpha value is -0.350. The normalized spacial score (nSPS) is 26.8. The third-order valence-corrected chi connectivity index (χ3v) is 4.20. The summed E-state index contributed by atoms with van der Waals surface area (Å²) in [5, 5.41) is -0.575. The molecular weight excluding hydrogens is 212 g/mol. The van der Waals surface area contributed by atoms with Crippen molar-refractivity contribution in [3.05, 3.63) is 12.2 Å². The van der Waals surface area contributed by atoms with E-state index >= 15 is 0 Å². The van der Waals surface area contributed by atoms with E-state index < -0.39 is 15.4 Å². The van der Waals surface area contributed by atoms with Gasteiger partial charge < -0.3 is 0 Å². The van der Waals surface area contributed by atoms with Crippen LogP contribution in [0, 0.1) is 5.92 Å². The summed E-state index contributed by atoms with van der Waals surface area (Å²) in [6, 6.07) is 0. The van der Waals surface area contributed by atoms with E-state index in [1.165, 1.54) is 12.8 Å². The quantitative estimate of drug-likeness (QED) is 0.450. The van der Waals surface area contributed by atoms with Gasteiger partial charge in [0.25, 0.3) is 10.1 Å². The van der Waals surface area contributed by atoms with Gasteiger partial charge in [0.1, 0.15) is 0 Å². The highest BCUT2D eigenvalue weighted by molar-refractivity contribution is 7.86. The number of allylic oxidation sites excluding steroid dienone is 2. The van der Waals surface area contributed by atoms with Gasteiger partial charge in [-0.2, -0.15) is 8.42 Å². The summed E-state index contributed by atoms with van der Waals surface area (Å²) >= 11 is 0. The van der Waals surface area contributed by atoms with Crippen molar-refractivity contribution in [2.75, 3.05) is 0 Å². The third-order valence-electron chi connectivity index (χ3n) is 2.97. The number of unbranched alkanes of at least 4 members (excludes halogenated alkanes) is 2. The van der Waals surface area contributed by atoms with Gasteiger partial charge in [0, 0.05) is 0 Å². The van der Waals surface area contributed by atoms with Gasteiger partial charge in [-0.25, -0.2) is 0 Å². The second-order valence-corrected chi connectivity index (χ2v) is 5.99. The predicted molar refractivity (Wildman–Crippen MR) is 61.3 cm³/mol. The maximum Gasteiger partial charge on any atom is 0.268 e.